The predicted molar refractivity (Wildman–Crippen MR) is 58.3 cm³/mol. The molecule has 0 aliphatic heterocycles. The van der Waals surface area contributed by atoms with E-state index in [9.17, 15) is 4.79 Å². The van der Waals surface area contributed by atoms with E-state index in [0.717, 1.165) is 17.8 Å². The number of carbonyl (C=O) groups excluding carboxylic acids is 1. The van der Waals surface area contributed by atoms with E-state index >= 15 is 0 Å². The van der Waals surface area contributed by atoms with Crippen LogP contribution >= 0.6 is 0 Å². The molecule has 0 aliphatic carbocycles. The number of nitrogens with one attached hydrogen (secondary N) is 1. The summed E-state index contributed by atoms with van der Waals surface area (Å²) in [5.74, 6) is 0.546. The fraction of sp³-hybridized carbons (Fsp3) is 0.400. The van der Waals surface area contributed by atoms with Crippen molar-refractivity contribution in [1.82, 2.24) is 25.1 Å². The van der Waals surface area contributed by atoms with E-state index in [1.54, 1.807) is 17.6 Å². The zero-order chi connectivity index (χ0) is 11.7. The van der Waals surface area contributed by atoms with E-state index < -0.39 is 0 Å². The second-order valence-electron chi connectivity index (χ2n) is 3.50. The number of carbonyl (C=O) groups is 1. The van der Waals surface area contributed by atoms with E-state index in [1.807, 2.05) is 13.8 Å². The van der Waals surface area contributed by atoms with E-state index in [4.69, 9.17) is 0 Å². The molecule has 2 heterocycles. The Morgan fingerprint density at radius 3 is 2.88 bits per heavy atom. The first-order valence-corrected chi connectivity index (χ1v) is 5.11. The third kappa shape index (κ3) is 1.52. The molecule has 84 valence electrons. The molecule has 0 fully saturated rings. The molecule has 0 aliphatic rings. The summed E-state index contributed by atoms with van der Waals surface area (Å²) in [5, 5.41) is 14.8. The van der Waals surface area contributed by atoms with Crippen LogP contribution in [0.25, 0.3) is 5.65 Å². The van der Waals surface area contributed by atoms with Gasteiger partial charge in [-0.1, -0.05) is 6.92 Å². The third-order valence-electron chi connectivity index (χ3n) is 2.39. The molecule has 6 nitrogen and oxygen atoms in total. The molecule has 0 saturated heterocycles. The Labute approximate surface area is 92.7 Å². The lowest BCUT2D eigenvalue weighted by atomic mass is 10.2. The van der Waals surface area contributed by atoms with Gasteiger partial charge >= 0.3 is 0 Å². The number of hydrogen-bond acceptors (Lipinski definition) is 4. The number of aryl methyl sites for hydroxylation is 2. The lowest BCUT2D eigenvalue weighted by Crippen LogP contribution is -2.21. The van der Waals surface area contributed by atoms with Crippen LogP contribution < -0.4 is 5.32 Å². The molecule has 0 radical (unpaired) electrons. The van der Waals surface area contributed by atoms with Gasteiger partial charge in [-0.15, -0.1) is 10.2 Å². The Hall–Kier alpha value is -1.98. The summed E-state index contributed by atoms with van der Waals surface area (Å²) in [7, 11) is 1.58. The van der Waals surface area contributed by atoms with Gasteiger partial charge in [-0.2, -0.15) is 9.61 Å². The largest absolute Gasteiger partial charge is 0.354 e. The fourth-order valence-electron chi connectivity index (χ4n) is 1.53. The molecule has 0 spiro atoms. The fourth-order valence-corrected chi connectivity index (χ4v) is 1.53. The number of amides is 1. The quantitative estimate of drug-likeness (QED) is 0.791. The summed E-state index contributed by atoms with van der Waals surface area (Å²) < 4.78 is 1.62. The predicted octanol–water partition coefficient (Wildman–Crippen LogP) is 0.355. The second-order valence-corrected chi connectivity index (χ2v) is 3.50. The molecule has 0 bridgehead atoms. The topological polar surface area (TPSA) is 72.2 Å². The highest BCUT2D eigenvalue weighted by atomic mass is 16.1. The smallest absolute Gasteiger partial charge is 0.271 e. The Bertz CT molecular complexity index is 545. The number of nitrogens with zero attached hydrogens (tertiary/aromatic N) is 4. The van der Waals surface area contributed by atoms with Gasteiger partial charge in [-0.05, 0) is 18.6 Å². The van der Waals surface area contributed by atoms with Gasteiger partial charge < -0.3 is 5.32 Å². The Kier molecular flexibility index (Phi) is 2.55. The van der Waals surface area contributed by atoms with Crippen molar-refractivity contribution in [3.63, 3.8) is 0 Å². The SMILES string of the molecule is CCc1nnc2c(C)cc(C(=O)NC)nn12. The van der Waals surface area contributed by atoms with Gasteiger partial charge in [-0.3, -0.25) is 4.79 Å². The molecule has 1 N–H and O–H groups in total. The summed E-state index contributed by atoms with van der Waals surface area (Å²) in [4.78, 5) is 11.5. The van der Waals surface area contributed by atoms with Gasteiger partial charge in [0.1, 0.15) is 5.69 Å². The molecule has 0 aromatic carbocycles. The number of rotatable bonds is 2. The minimum Gasteiger partial charge on any atom is -0.354 e. The maximum Gasteiger partial charge on any atom is 0.271 e. The molecule has 0 atom stereocenters. The van der Waals surface area contributed by atoms with Crippen molar-refractivity contribution in [1.29, 1.82) is 0 Å². The highest BCUT2D eigenvalue weighted by Gasteiger charge is 2.12. The minimum absolute atomic E-state index is 0.208. The second kappa shape index (κ2) is 3.88. The van der Waals surface area contributed by atoms with Crippen molar-refractivity contribution in [3.8, 4) is 0 Å². The van der Waals surface area contributed by atoms with Crippen LogP contribution in [0, 0.1) is 6.92 Å². The highest BCUT2D eigenvalue weighted by molar-refractivity contribution is 5.92. The maximum atomic E-state index is 11.5. The van der Waals surface area contributed by atoms with Crippen LogP contribution in [0.2, 0.25) is 0 Å². The molecular formula is C10H13N5O. The first-order chi connectivity index (χ1) is 7.67. The Morgan fingerprint density at radius 2 is 2.25 bits per heavy atom. The molecule has 1 amide bonds. The summed E-state index contributed by atoms with van der Waals surface area (Å²) in [5.41, 5.74) is 1.97. The van der Waals surface area contributed by atoms with Crippen molar-refractivity contribution in [2.75, 3.05) is 7.05 Å². The lowest BCUT2D eigenvalue weighted by Gasteiger charge is -2.03. The zero-order valence-corrected chi connectivity index (χ0v) is 9.48. The summed E-state index contributed by atoms with van der Waals surface area (Å²) >= 11 is 0. The average Bonchev–Trinajstić information content (AvgIpc) is 2.71. The van der Waals surface area contributed by atoms with E-state index in [-0.39, 0.29) is 5.91 Å². The average molecular weight is 219 g/mol. The zero-order valence-electron chi connectivity index (χ0n) is 9.48. The van der Waals surface area contributed by atoms with Crippen LogP contribution in [-0.4, -0.2) is 32.8 Å². The normalized spacial score (nSPS) is 10.7. The van der Waals surface area contributed by atoms with Crippen LogP contribution in [0.4, 0.5) is 0 Å². The molecule has 0 saturated carbocycles. The van der Waals surface area contributed by atoms with Crippen LogP contribution in [0.3, 0.4) is 0 Å². The molecular weight excluding hydrogens is 206 g/mol. The van der Waals surface area contributed by atoms with Crippen LogP contribution in [0.15, 0.2) is 6.07 Å². The summed E-state index contributed by atoms with van der Waals surface area (Å²) in [6.45, 7) is 3.86. The van der Waals surface area contributed by atoms with Gasteiger partial charge in [0.25, 0.3) is 5.91 Å². The minimum atomic E-state index is -0.208. The molecule has 6 heteroatoms. The van der Waals surface area contributed by atoms with Crippen molar-refractivity contribution in [2.24, 2.45) is 0 Å². The molecule has 2 aromatic heterocycles. The van der Waals surface area contributed by atoms with Crippen molar-refractivity contribution in [2.45, 2.75) is 20.3 Å². The van der Waals surface area contributed by atoms with Crippen molar-refractivity contribution >= 4 is 11.6 Å². The maximum absolute atomic E-state index is 11.5. The van der Waals surface area contributed by atoms with Crippen LogP contribution in [0.1, 0.15) is 28.8 Å². The third-order valence-corrected chi connectivity index (χ3v) is 2.39. The van der Waals surface area contributed by atoms with Crippen LogP contribution in [-0.2, 0) is 6.42 Å². The highest BCUT2D eigenvalue weighted by Crippen LogP contribution is 2.09. The number of hydrogen-bond donors (Lipinski definition) is 1. The molecule has 2 aromatic rings. The van der Waals surface area contributed by atoms with Crippen molar-refractivity contribution in [3.05, 3.63) is 23.1 Å². The first-order valence-electron chi connectivity index (χ1n) is 5.11. The van der Waals surface area contributed by atoms with Gasteiger partial charge in [-0.25, -0.2) is 0 Å². The number of fused-ring (bicyclic) bond motifs is 1. The van der Waals surface area contributed by atoms with Crippen molar-refractivity contribution < 1.29 is 4.79 Å². The number of aromatic nitrogens is 4. The van der Waals surface area contributed by atoms with E-state index in [0.29, 0.717) is 11.3 Å². The monoisotopic (exact) mass is 219 g/mol. The van der Waals surface area contributed by atoms with Crippen LogP contribution in [0.5, 0.6) is 0 Å². The molecule has 2 rings (SSSR count). The van der Waals surface area contributed by atoms with Gasteiger partial charge in [0.05, 0.1) is 0 Å². The Balaban J connectivity index is 2.68. The first kappa shape index (κ1) is 10.5. The lowest BCUT2D eigenvalue weighted by molar-refractivity contribution is 0.0956. The molecule has 16 heavy (non-hydrogen) atoms. The summed E-state index contributed by atoms with van der Waals surface area (Å²) in [6.07, 6.45) is 0.727. The standard InChI is InChI=1S/C10H13N5O/c1-4-8-12-13-9-6(2)5-7(10(16)11-3)14-15(8)9/h5H,4H2,1-3H3,(H,11,16). The van der Waals surface area contributed by atoms with E-state index in [2.05, 4.69) is 20.6 Å². The Morgan fingerprint density at radius 1 is 1.50 bits per heavy atom. The van der Waals surface area contributed by atoms with E-state index in [1.165, 1.54) is 0 Å². The molecule has 0 unspecified atom stereocenters. The van der Waals surface area contributed by atoms with Gasteiger partial charge in [0.2, 0.25) is 0 Å². The summed E-state index contributed by atoms with van der Waals surface area (Å²) in [6, 6.07) is 1.71. The van der Waals surface area contributed by atoms with Gasteiger partial charge in [0, 0.05) is 13.5 Å². The van der Waals surface area contributed by atoms with Gasteiger partial charge in [0.15, 0.2) is 11.5 Å².